The van der Waals surface area contributed by atoms with Gasteiger partial charge in [-0.3, -0.25) is 43.2 Å². The zero-order valence-electron chi connectivity index (χ0n) is 99.5. The third kappa shape index (κ3) is 62.3. The number of hydrogen-bond donors (Lipinski definition) is 13. The van der Waals surface area contributed by atoms with E-state index >= 15 is 0 Å². The standard InChI is InChI=1S/C14H22N2OS.C13H23NO2.2C13H25NO2.C12H20N2O.C12H23NO2.C12H23NO.2C11H21NO.C10H21NO2S/c1-10(2)11-4-3-5-12(6-11)16-14(17)7-13-8-18-9-15-13;1-9(2)10-4-3-5-11(8-10)14-12(15)13(16)6-7-13;2*1-9(2)11-5-4-6-12(8-11)14-13(16)7-10(3)15;1-9(2)10-4-3-5-11(8-10)14-12(15)6-7-13;1-9(2)10-5-4-6-11(7-10)13-12(14)8-15-3;1-4-12(14)13-11-7-5-6-10(8-11)9(2)3;2*1-8(2)10-5-4-6-11(7-10)12-9(3)13;1-8(2)9-5-4-6-10(7-9)11-14(3,12)13/h8-12H,3-7H2,1-2H3,(H,16,17);9-11,16H,3-8H2,1-2H3,(H,14,15);2*9-12,15H,4-8H2,1-3H3,(H,14,16);9-11H,3-6,8H2,1-2H3,(H,14,15);9-11H,4-8H2,1-3H3,(H,13,14);9-11H,4-8H2,1-3H3,(H,13,14);2*8,10-11H,4-7H2,1-3H3,(H,12,13);8-11H,4-7H2,1-3H3/t11-,12+;10-,11+;10?,11-,12+;10?,11-,12-;4*10-,11+;10-,11-;9-,10+/m0001000010/s1. The summed E-state index contributed by atoms with van der Waals surface area (Å²) in [5.74, 6) is 15.1. The first-order valence-electron chi connectivity index (χ1n) is 60.0. The Morgan fingerprint density at radius 1 is 0.367 bits per heavy atom. The van der Waals surface area contributed by atoms with Gasteiger partial charge in [0.25, 0.3) is 5.91 Å². The third-order valence-corrected chi connectivity index (χ3v) is 35.5. The molecule has 9 amide bonds. The number of aliphatic hydroxyl groups excluding tert-OH is 2. The number of sulfonamides is 1. The van der Waals surface area contributed by atoms with E-state index in [4.69, 9.17) is 20.2 Å². The van der Waals surface area contributed by atoms with E-state index < -0.39 is 27.8 Å². The minimum atomic E-state index is -3.02. The molecule has 27 nitrogen and oxygen atoms in total. The van der Waals surface area contributed by atoms with Gasteiger partial charge in [-0.05, 0) is 273 Å². The molecule has 11 aliphatic carbocycles. The smallest absolute Gasteiger partial charge is 0.252 e. The van der Waals surface area contributed by atoms with Crippen molar-refractivity contribution in [3.05, 3.63) is 16.6 Å². The second kappa shape index (κ2) is 75.1. The summed E-state index contributed by atoms with van der Waals surface area (Å²) in [7, 11) is -1.47. The topological polar surface area (TPSA) is 415 Å². The maximum absolute atomic E-state index is 11.9. The largest absolute Gasteiger partial charge is 0.393 e. The fourth-order valence-electron chi connectivity index (χ4n) is 24.1. The maximum Gasteiger partial charge on any atom is 0.252 e. The van der Waals surface area contributed by atoms with Crippen molar-refractivity contribution in [2.75, 3.05) is 20.0 Å². The molecule has 11 aliphatic rings. The summed E-state index contributed by atoms with van der Waals surface area (Å²) in [5.41, 5.74) is 1.65. The Balaban J connectivity index is 0.000000428. The van der Waals surface area contributed by atoms with Crippen LogP contribution in [-0.2, 0) is 64.3 Å². The van der Waals surface area contributed by atoms with Gasteiger partial charge in [0.15, 0.2) is 0 Å². The van der Waals surface area contributed by atoms with E-state index in [-0.39, 0.29) is 85.1 Å². The molecule has 11 fully saturated rings. The van der Waals surface area contributed by atoms with Crippen LogP contribution in [0.25, 0.3) is 0 Å². The zero-order valence-corrected chi connectivity index (χ0v) is 101. The molecule has 1 heterocycles. The summed E-state index contributed by atoms with van der Waals surface area (Å²) in [6.07, 6.45) is 50.5. The van der Waals surface area contributed by atoms with Crippen molar-refractivity contribution in [3.8, 4) is 6.07 Å². The number of thiazole rings is 1. The molecule has 0 radical (unpaired) electrons. The lowest BCUT2D eigenvalue weighted by Gasteiger charge is -2.32. The Kier molecular flexibility index (Phi) is 69.3. The first-order chi connectivity index (χ1) is 70.6. The molecule has 0 aliphatic heterocycles. The number of nitrogens with one attached hydrogen (secondary N) is 10. The van der Waals surface area contributed by atoms with E-state index in [1.807, 2.05) is 18.4 Å². The molecule has 11 saturated carbocycles. The maximum atomic E-state index is 11.9. The number of hydrogen-bond acceptors (Lipinski definition) is 18. The molecule has 0 aromatic carbocycles. The molecule has 13 N–H and O–H groups in total. The molecule has 2 unspecified atom stereocenters. The number of aliphatic hydroxyl groups is 3. The first-order valence-corrected chi connectivity index (χ1v) is 62.8. The highest BCUT2D eigenvalue weighted by molar-refractivity contribution is 7.88. The quantitative estimate of drug-likeness (QED) is 0.0319. The van der Waals surface area contributed by atoms with Crippen molar-refractivity contribution in [1.29, 1.82) is 5.26 Å². The number of nitriles is 1. The molecule has 22 atom stereocenters. The highest BCUT2D eigenvalue weighted by Crippen LogP contribution is 2.41. The van der Waals surface area contributed by atoms with Crippen molar-refractivity contribution in [2.24, 2.45) is 118 Å². The molecule has 12 rings (SSSR count). The number of amides is 9. The van der Waals surface area contributed by atoms with Crippen molar-refractivity contribution in [2.45, 2.75) is 553 Å². The average molecular weight is 2150 g/mol. The van der Waals surface area contributed by atoms with Gasteiger partial charge < -0.3 is 67.9 Å². The van der Waals surface area contributed by atoms with Crippen LogP contribution in [-0.4, -0.2) is 180 Å². The van der Waals surface area contributed by atoms with Gasteiger partial charge in [-0.15, -0.1) is 11.3 Å². The predicted octanol–water partition coefficient (Wildman–Crippen LogP) is 22.4. The van der Waals surface area contributed by atoms with Gasteiger partial charge in [0, 0.05) is 93.2 Å². The number of aromatic nitrogens is 1. The minimum absolute atomic E-state index is 0.00981. The van der Waals surface area contributed by atoms with Crippen LogP contribution in [0.3, 0.4) is 0 Å². The number of rotatable bonds is 32. The SMILES string of the molecule is CC(=O)N[C@@H]1CCC[C@@H](C(C)C)C1.CC(=O)N[C@@H]1CCC[C@H](C(C)C)C1.CC(C)[C@H]1CCC[C@@H](NC(=O)C2(O)CC2)C1.CC(C)[C@H]1CCC[C@@H](NC(=O)CC#N)C1.CC(C)[C@H]1CCC[C@@H](NC(=O)Cc2cscn2)C1.CC(C)[C@H]1CCC[C@@H](NS(C)(=O)=O)C1.CC(O)CC(=O)N[C@@H]1CCC[C@@H](C(C)C)C1.CC(O)CC(=O)N[C@@H]1CCC[C@H](C(C)C)C1.CCC(=O)N[C@@H]1CCC[C@H](C(C)C)C1.COCC(=O)N[C@@H]1CCC[C@H](C(C)C)C1. The highest BCUT2D eigenvalue weighted by Gasteiger charge is 2.49. The van der Waals surface area contributed by atoms with Gasteiger partial charge in [-0.1, -0.05) is 274 Å². The van der Waals surface area contributed by atoms with Gasteiger partial charge >= 0.3 is 0 Å². The summed E-state index contributed by atoms with van der Waals surface area (Å²) in [5, 5.41) is 65.7. The van der Waals surface area contributed by atoms with Crippen molar-refractivity contribution >= 4 is 74.5 Å². The van der Waals surface area contributed by atoms with Crippen LogP contribution in [0, 0.1) is 130 Å². The lowest BCUT2D eigenvalue weighted by Crippen LogP contribution is -2.45. The Morgan fingerprint density at radius 3 is 0.820 bits per heavy atom. The minimum Gasteiger partial charge on any atom is -0.393 e. The second-order valence-corrected chi connectivity index (χ2v) is 53.3. The van der Waals surface area contributed by atoms with Crippen LogP contribution in [0.5, 0.6) is 0 Å². The van der Waals surface area contributed by atoms with E-state index in [1.165, 1.54) is 167 Å². The van der Waals surface area contributed by atoms with Crippen LogP contribution in [0.15, 0.2) is 10.9 Å². The van der Waals surface area contributed by atoms with E-state index in [1.54, 1.807) is 51.7 Å². The average Bonchev–Trinajstić information content (AvgIpc) is 1.65. The number of methoxy groups -OCH3 is 1. The Labute approximate surface area is 917 Å². The second-order valence-electron chi connectivity index (χ2n) is 50.8. The number of carbonyl (C=O) groups is 9. The van der Waals surface area contributed by atoms with Crippen LogP contribution in [0.2, 0.25) is 0 Å². The highest BCUT2D eigenvalue weighted by atomic mass is 32.2. The lowest BCUT2D eigenvalue weighted by molar-refractivity contribution is -0.132. The predicted molar refractivity (Wildman–Crippen MR) is 613 cm³/mol. The van der Waals surface area contributed by atoms with Crippen LogP contribution < -0.4 is 52.6 Å². The van der Waals surface area contributed by atoms with Crippen LogP contribution >= 0.6 is 11.3 Å². The Morgan fingerprint density at radius 2 is 0.600 bits per heavy atom. The van der Waals surface area contributed by atoms with Crippen LogP contribution in [0.1, 0.15) is 474 Å². The van der Waals surface area contributed by atoms with Gasteiger partial charge in [0.2, 0.25) is 57.3 Å². The molecule has 0 bridgehead atoms. The lowest BCUT2D eigenvalue weighted by atomic mass is 9.79. The van der Waals surface area contributed by atoms with Gasteiger partial charge in [0.1, 0.15) is 18.6 Å². The van der Waals surface area contributed by atoms with E-state index in [0.717, 1.165) is 185 Å². The molecular weight excluding hydrogens is 1930 g/mol. The third-order valence-electron chi connectivity index (χ3n) is 34.1. The summed E-state index contributed by atoms with van der Waals surface area (Å²) >= 11 is 1.54. The number of carbonyl (C=O) groups excluding carboxylic acids is 9. The molecule has 29 heteroatoms. The number of ether oxygens (including phenoxy) is 1. The van der Waals surface area contributed by atoms with Gasteiger partial charge in [-0.25, -0.2) is 18.1 Å². The van der Waals surface area contributed by atoms with E-state index in [9.17, 15) is 56.7 Å². The summed E-state index contributed by atoms with van der Waals surface area (Å²) < 4.78 is 29.7. The Bertz CT molecular complexity index is 3950. The van der Waals surface area contributed by atoms with E-state index in [0.29, 0.717) is 116 Å². The Hall–Kier alpha value is -5.90. The van der Waals surface area contributed by atoms with Crippen LogP contribution in [0.4, 0.5) is 0 Å². The fraction of sp³-hybridized carbons (Fsp3) is 0.893. The molecule has 0 spiro atoms. The van der Waals surface area contributed by atoms with Gasteiger partial charge in [0.05, 0.1) is 55.0 Å². The fourth-order valence-corrected chi connectivity index (χ4v) is 25.5. The first kappa shape index (κ1) is 138. The molecule has 1 aromatic rings. The summed E-state index contributed by atoms with van der Waals surface area (Å²) in [6.45, 7) is 53.8. The normalized spacial score (nSPS) is 27.9. The van der Waals surface area contributed by atoms with Gasteiger partial charge in [-0.2, -0.15) is 5.26 Å². The van der Waals surface area contributed by atoms with E-state index in [2.05, 4.69) is 196 Å². The van der Waals surface area contributed by atoms with Crippen molar-refractivity contribution < 1.29 is 71.6 Å². The molecule has 870 valence electrons. The molecular formula is C121H224N12O15S2. The number of nitrogens with zero attached hydrogens (tertiary/aromatic N) is 2. The molecule has 1 aromatic heterocycles. The summed E-state index contributed by atoms with van der Waals surface area (Å²) in [6, 6.07) is 5.37. The monoisotopic (exact) mass is 2150 g/mol. The van der Waals surface area contributed by atoms with Crippen molar-refractivity contribution in [3.63, 3.8) is 0 Å². The summed E-state index contributed by atoms with van der Waals surface area (Å²) in [4.78, 5) is 106. The van der Waals surface area contributed by atoms with Crippen molar-refractivity contribution in [1.82, 2.24) is 57.6 Å². The molecule has 150 heavy (non-hydrogen) atoms. The zero-order chi connectivity index (χ0) is 113. The molecule has 0 saturated heterocycles.